The first-order valence-electron chi connectivity index (χ1n) is 7.37. The third kappa shape index (κ3) is 5.25. The maximum Gasteiger partial charge on any atom is 0.340 e. The van der Waals surface area contributed by atoms with Gasteiger partial charge in [0.05, 0.1) is 17.9 Å². The molecule has 0 aliphatic rings. The third-order valence-corrected chi connectivity index (χ3v) is 3.11. The van der Waals surface area contributed by atoms with Crippen molar-refractivity contribution in [3.05, 3.63) is 59.7 Å². The highest BCUT2D eigenvalue weighted by Gasteiger charge is 2.15. The van der Waals surface area contributed by atoms with E-state index in [2.05, 4.69) is 10.6 Å². The summed E-state index contributed by atoms with van der Waals surface area (Å²) < 4.78 is 31.2. The number of ether oxygens (including phenoxy) is 1. The molecular weight excluding hydrogens is 334 g/mol. The number of aliphatic hydroxyl groups is 1. The van der Waals surface area contributed by atoms with Crippen molar-refractivity contribution in [1.82, 2.24) is 0 Å². The molecule has 2 aromatic carbocycles. The van der Waals surface area contributed by atoms with Crippen molar-refractivity contribution >= 4 is 23.3 Å². The summed E-state index contributed by atoms with van der Waals surface area (Å²) in [6.45, 7) is -0.506. The summed E-state index contributed by atoms with van der Waals surface area (Å²) in [4.78, 5) is 23.8. The van der Waals surface area contributed by atoms with Crippen LogP contribution in [-0.4, -0.2) is 36.7 Å². The first-order valence-corrected chi connectivity index (χ1v) is 7.37. The van der Waals surface area contributed by atoms with Gasteiger partial charge in [0.25, 0.3) is 5.91 Å². The molecule has 1 amide bonds. The van der Waals surface area contributed by atoms with Crippen molar-refractivity contribution in [2.75, 3.05) is 30.4 Å². The molecule has 0 unspecified atom stereocenters. The molecule has 8 heteroatoms. The van der Waals surface area contributed by atoms with Crippen molar-refractivity contribution in [2.24, 2.45) is 0 Å². The highest BCUT2D eigenvalue weighted by atomic mass is 19.1. The summed E-state index contributed by atoms with van der Waals surface area (Å²) in [6.07, 6.45) is 0. The summed E-state index contributed by atoms with van der Waals surface area (Å²) >= 11 is 0. The van der Waals surface area contributed by atoms with Crippen LogP contribution in [0, 0.1) is 11.6 Å². The lowest BCUT2D eigenvalue weighted by atomic mass is 10.2. The van der Waals surface area contributed by atoms with Crippen LogP contribution in [0.25, 0.3) is 0 Å². The van der Waals surface area contributed by atoms with E-state index in [0.717, 1.165) is 12.1 Å². The van der Waals surface area contributed by atoms with Crippen LogP contribution in [0.1, 0.15) is 10.4 Å². The number of anilines is 2. The van der Waals surface area contributed by atoms with Gasteiger partial charge in [-0.2, -0.15) is 0 Å². The molecule has 2 aromatic rings. The Morgan fingerprint density at radius 3 is 2.56 bits per heavy atom. The molecule has 0 heterocycles. The van der Waals surface area contributed by atoms with Gasteiger partial charge < -0.3 is 20.5 Å². The van der Waals surface area contributed by atoms with Crippen LogP contribution in [0.3, 0.4) is 0 Å². The predicted octanol–water partition coefficient (Wildman–Crippen LogP) is 2.16. The Morgan fingerprint density at radius 1 is 1.08 bits per heavy atom. The van der Waals surface area contributed by atoms with Crippen LogP contribution in [0.4, 0.5) is 20.2 Å². The molecule has 0 aliphatic carbocycles. The van der Waals surface area contributed by atoms with E-state index in [1.165, 1.54) is 6.07 Å². The lowest BCUT2D eigenvalue weighted by Crippen LogP contribution is -2.22. The standard InChI is InChI=1S/C17H16F2N2O4/c18-11-5-6-15(13(19)9-11)21-16(23)10-25-17(24)12-3-1-2-4-14(12)20-7-8-22/h1-6,9,20,22H,7-8,10H2,(H,21,23). The molecule has 0 spiro atoms. The second-order valence-electron chi connectivity index (χ2n) is 4.94. The van der Waals surface area contributed by atoms with E-state index in [0.29, 0.717) is 11.8 Å². The topological polar surface area (TPSA) is 87.7 Å². The first kappa shape index (κ1) is 18.3. The quantitative estimate of drug-likeness (QED) is 0.666. The lowest BCUT2D eigenvalue weighted by molar-refractivity contribution is -0.119. The van der Waals surface area contributed by atoms with Crippen LogP contribution in [0.15, 0.2) is 42.5 Å². The SMILES string of the molecule is O=C(COC(=O)c1ccccc1NCCO)Nc1ccc(F)cc1F. The van der Waals surface area contributed by atoms with Gasteiger partial charge in [0.1, 0.15) is 11.6 Å². The molecular formula is C17H16F2N2O4. The number of halogens is 2. The second kappa shape index (κ2) is 8.74. The minimum Gasteiger partial charge on any atom is -0.452 e. The minimum absolute atomic E-state index is 0.116. The fourth-order valence-electron chi connectivity index (χ4n) is 1.99. The van der Waals surface area contributed by atoms with Gasteiger partial charge in [-0.05, 0) is 24.3 Å². The zero-order valence-corrected chi connectivity index (χ0v) is 13.1. The van der Waals surface area contributed by atoms with E-state index in [1.807, 2.05) is 0 Å². The predicted molar refractivity (Wildman–Crippen MR) is 87.3 cm³/mol. The number of aliphatic hydroxyl groups excluding tert-OH is 1. The largest absolute Gasteiger partial charge is 0.452 e. The van der Waals surface area contributed by atoms with Crippen molar-refractivity contribution in [3.63, 3.8) is 0 Å². The zero-order valence-electron chi connectivity index (χ0n) is 13.1. The molecule has 0 fully saturated rings. The average Bonchev–Trinajstić information content (AvgIpc) is 2.60. The first-order chi connectivity index (χ1) is 12.0. The molecule has 0 saturated carbocycles. The fraction of sp³-hybridized carbons (Fsp3) is 0.176. The molecule has 25 heavy (non-hydrogen) atoms. The molecule has 2 rings (SSSR count). The third-order valence-electron chi connectivity index (χ3n) is 3.11. The minimum atomic E-state index is -0.932. The number of para-hydroxylation sites is 1. The van der Waals surface area contributed by atoms with Gasteiger partial charge in [0.15, 0.2) is 6.61 Å². The number of benzene rings is 2. The molecule has 0 aromatic heterocycles. The van der Waals surface area contributed by atoms with E-state index in [4.69, 9.17) is 9.84 Å². The van der Waals surface area contributed by atoms with Crippen molar-refractivity contribution < 1.29 is 28.2 Å². The second-order valence-corrected chi connectivity index (χ2v) is 4.94. The van der Waals surface area contributed by atoms with Crippen LogP contribution in [0.5, 0.6) is 0 Å². The van der Waals surface area contributed by atoms with Gasteiger partial charge in [0.2, 0.25) is 0 Å². The number of carbonyl (C=O) groups is 2. The Bertz CT molecular complexity index is 768. The lowest BCUT2D eigenvalue weighted by Gasteiger charge is -2.11. The average molecular weight is 350 g/mol. The number of esters is 1. The van der Waals surface area contributed by atoms with Crippen LogP contribution in [-0.2, 0) is 9.53 Å². The smallest absolute Gasteiger partial charge is 0.340 e. The Kier molecular flexibility index (Phi) is 6.41. The zero-order chi connectivity index (χ0) is 18.2. The van der Waals surface area contributed by atoms with Gasteiger partial charge >= 0.3 is 5.97 Å². The summed E-state index contributed by atoms with van der Waals surface area (Å²) in [5.41, 5.74) is 0.427. The fourth-order valence-corrected chi connectivity index (χ4v) is 1.99. The van der Waals surface area contributed by atoms with Gasteiger partial charge in [-0.15, -0.1) is 0 Å². The molecule has 0 atom stereocenters. The maximum absolute atomic E-state index is 13.5. The molecule has 0 bridgehead atoms. The summed E-state index contributed by atoms with van der Waals surface area (Å²) in [7, 11) is 0. The van der Waals surface area contributed by atoms with Gasteiger partial charge in [0, 0.05) is 18.3 Å². The number of hydrogen-bond acceptors (Lipinski definition) is 5. The van der Waals surface area contributed by atoms with Gasteiger partial charge in [-0.25, -0.2) is 13.6 Å². The van der Waals surface area contributed by atoms with Crippen molar-refractivity contribution in [1.29, 1.82) is 0 Å². The summed E-state index contributed by atoms with van der Waals surface area (Å²) in [5, 5.41) is 13.9. The highest BCUT2D eigenvalue weighted by Crippen LogP contribution is 2.17. The monoisotopic (exact) mass is 350 g/mol. The van der Waals surface area contributed by atoms with E-state index in [9.17, 15) is 18.4 Å². The Hall–Kier alpha value is -3.00. The molecule has 6 nitrogen and oxygen atoms in total. The van der Waals surface area contributed by atoms with Crippen LogP contribution < -0.4 is 10.6 Å². The molecule has 0 aliphatic heterocycles. The summed E-state index contributed by atoms with van der Waals surface area (Å²) in [6, 6.07) is 9.13. The Labute approximate surface area is 142 Å². The van der Waals surface area contributed by atoms with Crippen molar-refractivity contribution in [2.45, 2.75) is 0 Å². The van der Waals surface area contributed by atoms with E-state index in [-0.39, 0.29) is 24.4 Å². The number of rotatable bonds is 7. The number of carbonyl (C=O) groups excluding carboxylic acids is 2. The van der Waals surface area contributed by atoms with Crippen LogP contribution in [0.2, 0.25) is 0 Å². The highest BCUT2D eigenvalue weighted by molar-refractivity contribution is 5.98. The Balaban J connectivity index is 1.94. The van der Waals surface area contributed by atoms with Gasteiger partial charge in [-0.1, -0.05) is 12.1 Å². The Morgan fingerprint density at radius 2 is 1.84 bits per heavy atom. The molecule has 3 N–H and O–H groups in total. The molecule has 0 saturated heterocycles. The van der Waals surface area contributed by atoms with Gasteiger partial charge in [-0.3, -0.25) is 4.79 Å². The van der Waals surface area contributed by atoms with E-state index in [1.54, 1.807) is 18.2 Å². The maximum atomic E-state index is 13.5. The molecule has 132 valence electrons. The molecule has 0 radical (unpaired) electrons. The number of nitrogens with one attached hydrogen (secondary N) is 2. The van der Waals surface area contributed by atoms with Crippen LogP contribution >= 0.6 is 0 Å². The normalized spacial score (nSPS) is 10.2. The summed E-state index contributed by atoms with van der Waals surface area (Å²) in [5.74, 6) is -3.22. The van der Waals surface area contributed by atoms with E-state index >= 15 is 0 Å². The number of amides is 1. The van der Waals surface area contributed by atoms with E-state index < -0.39 is 30.1 Å². The number of hydrogen-bond donors (Lipinski definition) is 3. The van der Waals surface area contributed by atoms with Crippen molar-refractivity contribution in [3.8, 4) is 0 Å².